The summed E-state index contributed by atoms with van der Waals surface area (Å²) in [7, 11) is 0. The highest BCUT2D eigenvalue weighted by atomic mass is 16.6. The van der Waals surface area contributed by atoms with Gasteiger partial charge in [0.2, 0.25) is 0 Å². The van der Waals surface area contributed by atoms with Crippen LogP contribution in [0.1, 0.15) is 41.5 Å². The van der Waals surface area contributed by atoms with Crippen LogP contribution in [0.15, 0.2) is 4.99 Å². The smallest absolute Gasteiger partial charge is 0.410 e. The lowest BCUT2D eigenvalue weighted by Crippen LogP contribution is -2.50. The number of nitrogens with zero attached hydrogens (tertiary/aromatic N) is 3. The Morgan fingerprint density at radius 1 is 1.41 bits per heavy atom. The van der Waals surface area contributed by atoms with Crippen LogP contribution in [-0.2, 0) is 4.74 Å². The molecular weight excluding hydrogens is 280 g/mol. The number of likely N-dealkylation sites (N-methyl/N-ethyl adjacent to an activating group) is 1. The van der Waals surface area contributed by atoms with Gasteiger partial charge < -0.3 is 15.0 Å². The first-order valence-corrected chi connectivity index (χ1v) is 8.25. The van der Waals surface area contributed by atoms with Crippen molar-refractivity contribution in [3.8, 4) is 0 Å². The summed E-state index contributed by atoms with van der Waals surface area (Å²) in [5.41, 5.74) is -0.463. The van der Waals surface area contributed by atoms with Crippen LogP contribution in [0.3, 0.4) is 0 Å². The number of rotatable bonds is 5. The molecule has 1 N–H and O–H groups in total. The van der Waals surface area contributed by atoms with E-state index in [1.54, 1.807) is 4.90 Å². The third-order valence-corrected chi connectivity index (χ3v) is 3.50. The second kappa shape index (κ2) is 8.36. The van der Waals surface area contributed by atoms with Crippen LogP contribution in [0.5, 0.6) is 0 Å². The van der Waals surface area contributed by atoms with Crippen LogP contribution in [0.25, 0.3) is 0 Å². The molecule has 0 aromatic heterocycles. The first-order chi connectivity index (χ1) is 10.2. The number of carbonyl (C=O) groups is 1. The minimum Gasteiger partial charge on any atom is -0.444 e. The molecule has 22 heavy (non-hydrogen) atoms. The van der Waals surface area contributed by atoms with Crippen molar-refractivity contribution in [3.05, 3.63) is 0 Å². The zero-order valence-electron chi connectivity index (χ0n) is 15.0. The Hall–Kier alpha value is -1.30. The first-order valence-electron chi connectivity index (χ1n) is 8.25. The Bertz CT molecular complexity index is 386. The van der Waals surface area contributed by atoms with Gasteiger partial charge in [-0.2, -0.15) is 0 Å². The molecule has 0 bridgehead atoms. The van der Waals surface area contributed by atoms with E-state index in [0.29, 0.717) is 25.7 Å². The molecule has 1 aliphatic heterocycles. The molecule has 1 amide bonds. The van der Waals surface area contributed by atoms with E-state index in [4.69, 9.17) is 4.74 Å². The molecule has 1 aliphatic rings. The molecule has 128 valence electrons. The second-order valence-electron chi connectivity index (χ2n) is 6.76. The lowest BCUT2D eigenvalue weighted by atomic mass is 10.2. The van der Waals surface area contributed by atoms with Crippen LogP contribution < -0.4 is 5.32 Å². The van der Waals surface area contributed by atoms with Gasteiger partial charge >= 0.3 is 6.09 Å². The normalized spacial score (nSPS) is 17.2. The Kier molecular flexibility index (Phi) is 7.13. The van der Waals surface area contributed by atoms with E-state index in [9.17, 15) is 4.79 Å². The number of aliphatic imine (C=N–C) groups is 1. The number of carbonyl (C=O) groups excluding carboxylic acids is 1. The van der Waals surface area contributed by atoms with Crippen molar-refractivity contribution in [1.29, 1.82) is 0 Å². The topological polar surface area (TPSA) is 57.2 Å². The molecule has 0 saturated carbocycles. The molecule has 6 nitrogen and oxygen atoms in total. The summed E-state index contributed by atoms with van der Waals surface area (Å²) in [5.74, 6) is 0.872. The van der Waals surface area contributed by atoms with Gasteiger partial charge in [-0.15, -0.1) is 0 Å². The Balaban J connectivity index is 2.49. The first kappa shape index (κ1) is 18.7. The lowest BCUT2D eigenvalue weighted by Gasteiger charge is -2.31. The van der Waals surface area contributed by atoms with Crippen molar-refractivity contribution in [1.82, 2.24) is 15.1 Å². The number of amides is 1. The van der Waals surface area contributed by atoms with E-state index in [0.717, 1.165) is 25.5 Å². The van der Waals surface area contributed by atoms with Crippen molar-refractivity contribution in [2.75, 3.05) is 39.3 Å². The summed E-state index contributed by atoms with van der Waals surface area (Å²) in [6, 6.07) is 0.303. The van der Waals surface area contributed by atoms with Crippen LogP contribution in [0.4, 0.5) is 4.79 Å². The van der Waals surface area contributed by atoms with Crippen molar-refractivity contribution in [2.24, 2.45) is 4.99 Å². The fourth-order valence-electron chi connectivity index (χ4n) is 2.39. The van der Waals surface area contributed by atoms with Gasteiger partial charge in [0.15, 0.2) is 0 Å². The van der Waals surface area contributed by atoms with Gasteiger partial charge in [-0.25, -0.2) is 4.79 Å². The van der Waals surface area contributed by atoms with Gasteiger partial charge in [0.05, 0.1) is 13.1 Å². The second-order valence-corrected chi connectivity index (χ2v) is 6.76. The van der Waals surface area contributed by atoms with E-state index in [-0.39, 0.29) is 6.09 Å². The van der Waals surface area contributed by atoms with Crippen molar-refractivity contribution in [2.45, 2.75) is 53.2 Å². The van der Waals surface area contributed by atoms with Crippen molar-refractivity contribution < 1.29 is 9.53 Å². The van der Waals surface area contributed by atoms with Crippen LogP contribution in [-0.4, -0.2) is 72.6 Å². The quantitative estimate of drug-likeness (QED) is 0.843. The number of nitrogens with one attached hydrogen (secondary N) is 1. The summed E-state index contributed by atoms with van der Waals surface area (Å²) < 4.78 is 5.43. The average Bonchev–Trinajstić information content (AvgIpc) is 2.43. The average molecular weight is 312 g/mol. The molecule has 0 radical (unpaired) electrons. The van der Waals surface area contributed by atoms with Crippen LogP contribution in [0, 0.1) is 0 Å². The molecule has 6 heteroatoms. The van der Waals surface area contributed by atoms with Crippen LogP contribution in [0.2, 0.25) is 0 Å². The summed E-state index contributed by atoms with van der Waals surface area (Å²) in [6.45, 7) is 16.9. The minimum absolute atomic E-state index is 0.266. The molecule has 0 aliphatic carbocycles. The maximum atomic E-state index is 12.1. The van der Waals surface area contributed by atoms with Gasteiger partial charge in [-0.3, -0.25) is 9.89 Å². The van der Waals surface area contributed by atoms with Gasteiger partial charge in [0.25, 0.3) is 0 Å². The molecule has 0 spiro atoms. The van der Waals surface area contributed by atoms with Gasteiger partial charge in [0, 0.05) is 19.1 Å². The standard InChI is InChI=1S/C16H32N4O2/c1-7-19(8-2)11-13(3)18-14-12-20(10-9-17-14)15(21)22-16(4,5)6/h13H,7-12H2,1-6H3,(H,17,18). The highest BCUT2D eigenvalue weighted by Gasteiger charge is 2.25. The van der Waals surface area contributed by atoms with Gasteiger partial charge in [0.1, 0.15) is 11.4 Å². The van der Waals surface area contributed by atoms with E-state index in [1.165, 1.54) is 0 Å². The zero-order valence-corrected chi connectivity index (χ0v) is 15.0. The Morgan fingerprint density at radius 2 is 2.05 bits per heavy atom. The largest absolute Gasteiger partial charge is 0.444 e. The summed E-state index contributed by atoms with van der Waals surface area (Å²) >= 11 is 0. The monoisotopic (exact) mass is 312 g/mol. The maximum Gasteiger partial charge on any atom is 0.410 e. The number of hydrogen-bond donors (Lipinski definition) is 1. The Morgan fingerprint density at radius 3 is 2.59 bits per heavy atom. The number of hydrogen-bond acceptors (Lipinski definition) is 5. The molecule has 0 aromatic carbocycles. The highest BCUT2D eigenvalue weighted by Crippen LogP contribution is 2.11. The summed E-state index contributed by atoms with van der Waals surface area (Å²) in [4.78, 5) is 20.7. The molecule has 0 fully saturated rings. The zero-order chi connectivity index (χ0) is 16.8. The SMILES string of the molecule is CCN(CC)CC(C)NC1=NCCN(C(=O)OC(C)(C)C)C1. The third-order valence-electron chi connectivity index (χ3n) is 3.50. The molecule has 1 heterocycles. The van der Waals surface area contributed by atoms with Crippen molar-refractivity contribution in [3.63, 3.8) is 0 Å². The van der Waals surface area contributed by atoms with Crippen LogP contribution >= 0.6 is 0 Å². The van der Waals surface area contributed by atoms with E-state index in [1.807, 2.05) is 20.8 Å². The highest BCUT2D eigenvalue weighted by molar-refractivity contribution is 5.88. The fourth-order valence-corrected chi connectivity index (χ4v) is 2.39. The summed E-state index contributed by atoms with van der Waals surface area (Å²) in [6.07, 6.45) is -0.266. The molecule has 0 aromatic rings. The van der Waals surface area contributed by atoms with Gasteiger partial charge in [-0.05, 0) is 40.8 Å². The predicted molar refractivity (Wildman–Crippen MR) is 90.5 cm³/mol. The fraction of sp³-hybridized carbons (Fsp3) is 0.875. The van der Waals surface area contributed by atoms with E-state index in [2.05, 4.69) is 36.0 Å². The third kappa shape index (κ3) is 6.64. The molecule has 1 rings (SSSR count). The Labute approximate surface area is 134 Å². The maximum absolute atomic E-state index is 12.1. The number of amidine groups is 1. The van der Waals surface area contributed by atoms with E-state index >= 15 is 0 Å². The number of ether oxygens (including phenoxy) is 1. The molecular formula is C16H32N4O2. The molecule has 1 atom stereocenters. The van der Waals surface area contributed by atoms with Crippen molar-refractivity contribution >= 4 is 11.9 Å². The molecule has 0 saturated heterocycles. The van der Waals surface area contributed by atoms with Gasteiger partial charge in [-0.1, -0.05) is 13.8 Å². The molecule has 1 unspecified atom stereocenters. The minimum atomic E-state index is -0.463. The van der Waals surface area contributed by atoms with E-state index < -0.39 is 5.60 Å². The summed E-state index contributed by atoms with van der Waals surface area (Å²) in [5, 5.41) is 3.42. The predicted octanol–water partition coefficient (Wildman–Crippen LogP) is 1.96. The lowest BCUT2D eigenvalue weighted by molar-refractivity contribution is 0.0276.